The van der Waals surface area contributed by atoms with Gasteiger partial charge in [-0.2, -0.15) is 0 Å². The van der Waals surface area contributed by atoms with Gasteiger partial charge in [-0.3, -0.25) is 0 Å². The van der Waals surface area contributed by atoms with E-state index in [9.17, 15) is 24.9 Å². The first-order chi connectivity index (χ1) is 16.7. The van der Waals surface area contributed by atoms with Crippen LogP contribution in [0.2, 0.25) is 0 Å². The quantitative estimate of drug-likeness (QED) is 0.482. The molecule has 0 spiro atoms. The zero-order valence-corrected chi connectivity index (χ0v) is 19.5. The third kappa shape index (κ3) is 3.82. The van der Waals surface area contributed by atoms with Crippen molar-refractivity contribution in [1.29, 1.82) is 0 Å². The smallest absolute Gasteiger partial charge is 0.353 e. The molecule has 0 saturated carbocycles. The molecule has 8 nitrogen and oxygen atoms in total. The summed E-state index contributed by atoms with van der Waals surface area (Å²) >= 11 is 0. The van der Waals surface area contributed by atoms with Crippen LogP contribution < -0.4 is 14.5 Å². The number of benzene rings is 3. The Labute approximate surface area is 202 Å². The third-order valence-corrected chi connectivity index (χ3v) is 6.40. The molecule has 35 heavy (non-hydrogen) atoms. The summed E-state index contributed by atoms with van der Waals surface area (Å²) in [5.74, 6) is -2.53. The van der Waals surface area contributed by atoms with E-state index in [0.29, 0.717) is 16.9 Å². The number of aliphatic carboxylic acids is 2. The summed E-state index contributed by atoms with van der Waals surface area (Å²) in [6, 6.07) is 22.0. The number of carboxylic acid groups (broad SMARTS) is 2. The Balaban J connectivity index is 2.16. The van der Waals surface area contributed by atoms with Crippen molar-refractivity contribution in [1.82, 2.24) is 0 Å². The van der Waals surface area contributed by atoms with Gasteiger partial charge >= 0.3 is 11.9 Å². The summed E-state index contributed by atoms with van der Waals surface area (Å²) in [7, 11) is 1.43. The highest BCUT2D eigenvalue weighted by Crippen LogP contribution is 2.49. The highest BCUT2D eigenvalue weighted by molar-refractivity contribution is 6.04. The van der Waals surface area contributed by atoms with Crippen molar-refractivity contribution >= 4 is 23.3 Å². The summed E-state index contributed by atoms with van der Waals surface area (Å²) in [6.07, 6.45) is 0. The van der Waals surface area contributed by atoms with Crippen LogP contribution in [0.3, 0.4) is 0 Å². The number of hydrogen-bond acceptors (Lipinski definition) is 6. The zero-order valence-electron chi connectivity index (χ0n) is 19.5. The molecule has 8 heteroatoms. The summed E-state index contributed by atoms with van der Waals surface area (Å²) in [6.45, 7) is 3.51. The van der Waals surface area contributed by atoms with E-state index < -0.39 is 23.6 Å². The minimum Gasteiger partial charge on any atom is -0.504 e. The van der Waals surface area contributed by atoms with Crippen molar-refractivity contribution < 1.29 is 29.6 Å². The van der Waals surface area contributed by atoms with Crippen molar-refractivity contribution in [3.8, 4) is 11.5 Å². The number of ether oxygens (including phenoxy) is 1. The van der Waals surface area contributed by atoms with Gasteiger partial charge in [-0.15, -0.1) is 0 Å². The van der Waals surface area contributed by atoms with Crippen molar-refractivity contribution in [2.75, 3.05) is 16.9 Å². The van der Waals surface area contributed by atoms with E-state index in [2.05, 4.69) is 0 Å². The summed E-state index contributed by atoms with van der Waals surface area (Å²) in [5, 5.41) is 30.8. The first-order valence-electron chi connectivity index (χ1n) is 11.0. The van der Waals surface area contributed by atoms with Crippen molar-refractivity contribution in [2.45, 2.75) is 25.6 Å². The monoisotopic (exact) mass is 474 g/mol. The lowest BCUT2D eigenvalue weighted by atomic mass is 9.86. The predicted molar refractivity (Wildman–Crippen MR) is 132 cm³/mol. The van der Waals surface area contributed by atoms with Gasteiger partial charge in [-0.25, -0.2) is 9.59 Å². The van der Waals surface area contributed by atoms with Crippen LogP contribution >= 0.6 is 0 Å². The number of aromatic hydroxyl groups is 1. The first-order valence-corrected chi connectivity index (χ1v) is 11.0. The van der Waals surface area contributed by atoms with Crippen LogP contribution in [0, 0.1) is 0 Å². The number of para-hydroxylation sites is 2. The standard InChI is InChI=1S/C27H26N2O6/c1-17-23(25(31)32)24(26(33)34)29(20-12-8-5-9-13-20)27(2,28(17)19-10-6-4-7-11-19)18-14-15-21(30)22(16-18)35-3/h4-17,30H,1-3H3,(H,31,32)(H,33,34). The Morgan fingerprint density at radius 1 is 0.886 bits per heavy atom. The molecule has 4 rings (SSSR count). The number of phenolic OH excluding ortho intramolecular Hbond substituents is 1. The number of carboxylic acids is 2. The molecule has 0 saturated heterocycles. The second-order valence-corrected chi connectivity index (χ2v) is 8.33. The Hall–Kier alpha value is -4.46. The van der Waals surface area contributed by atoms with Crippen LogP contribution in [-0.2, 0) is 15.3 Å². The molecule has 0 amide bonds. The zero-order chi connectivity index (χ0) is 25.3. The SMILES string of the molecule is COc1cc(C2(C)N(c3ccccc3)C(C(=O)O)=C(C(=O)O)C(C)N2c2ccccc2)ccc1O. The molecule has 1 aliphatic heterocycles. The molecule has 1 heterocycles. The Bertz CT molecular complexity index is 1290. The fourth-order valence-corrected chi connectivity index (χ4v) is 4.90. The van der Waals surface area contributed by atoms with Crippen LogP contribution in [0.5, 0.6) is 11.5 Å². The maximum atomic E-state index is 12.7. The third-order valence-electron chi connectivity index (χ3n) is 6.40. The highest BCUT2D eigenvalue weighted by atomic mass is 16.5. The minimum absolute atomic E-state index is 0.0681. The molecule has 3 aromatic rings. The van der Waals surface area contributed by atoms with E-state index in [4.69, 9.17) is 4.74 Å². The topological polar surface area (TPSA) is 111 Å². The molecule has 2 unspecified atom stereocenters. The normalized spacial score (nSPS) is 20.0. The summed E-state index contributed by atoms with van der Waals surface area (Å²) < 4.78 is 5.35. The average molecular weight is 475 g/mol. The number of nitrogens with zero attached hydrogens (tertiary/aromatic N) is 2. The van der Waals surface area contributed by atoms with Gasteiger partial charge in [0, 0.05) is 16.9 Å². The number of carbonyl (C=O) groups is 2. The average Bonchev–Trinajstić information content (AvgIpc) is 2.84. The molecule has 0 fully saturated rings. The Morgan fingerprint density at radius 2 is 1.46 bits per heavy atom. The number of phenols is 1. The van der Waals surface area contributed by atoms with Gasteiger partial charge in [0.1, 0.15) is 11.4 Å². The second-order valence-electron chi connectivity index (χ2n) is 8.33. The molecule has 0 radical (unpaired) electrons. The summed E-state index contributed by atoms with van der Waals surface area (Å²) in [5.41, 5.74) is -0.0404. The van der Waals surface area contributed by atoms with Crippen molar-refractivity contribution in [3.63, 3.8) is 0 Å². The molecular formula is C27H26N2O6. The molecule has 180 valence electrons. The van der Waals surface area contributed by atoms with Gasteiger partial charge < -0.3 is 29.9 Å². The van der Waals surface area contributed by atoms with Crippen LogP contribution in [0.1, 0.15) is 19.4 Å². The van der Waals surface area contributed by atoms with Gasteiger partial charge in [-0.05, 0) is 50.2 Å². The molecule has 0 aromatic heterocycles. The van der Waals surface area contributed by atoms with Crippen LogP contribution in [0.4, 0.5) is 11.4 Å². The second kappa shape index (κ2) is 9.06. The lowest BCUT2D eigenvalue weighted by Gasteiger charge is -2.57. The lowest BCUT2D eigenvalue weighted by molar-refractivity contribution is -0.136. The predicted octanol–water partition coefficient (Wildman–Crippen LogP) is 4.41. The summed E-state index contributed by atoms with van der Waals surface area (Å²) in [4.78, 5) is 28.6. The first kappa shape index (κ1) is 23.7. The van der Waals surface area contributed by atoms with Crippen molar-refractivity contribution in [2.24, 2.45) is 0 Å². The van der Waals surface area contributed by atoms with Gasteiger partial charge in [0.25, 0.3) is 0 Å². The maximum absolute atomic E-state index is 12.7. The van der Waals surface area contributed by atoms with E-state index in [1.54, 1.807) is 49.4 Å². The van der Waals surface area contributed by atoms with E-state index in [0.717, 1.165) is 0 Å². The molecule has 3 N–H and O–H groups in total. The molecule has 1 aliphatic rings. The van der Waals surface area contributed by atoms with Gasteiger partial charge in [0.2, 0.25) is 0 Å². The molecule has 0 bridgehead atoms. The lowest BCUT2D eigenvalue weighted by Crippen LogP contribution is -2.65. The maximum Gasteiger partial charge on any atom is 0.353 e. The van der Waals surface area contributed by atoms with Gasteiger partial charge in [0.15, 0.2) is 11.5 Å². The minimum atomic E-state index is -1.36. The number of anilines is 2. The Morgan fingerprint density at radius 3 is 1.97 bits per heavy atom. The Kier molecular flexibility index (Phi) is 6.13. The fourth-order valence-electron chi connectivity index (χ4n) is 4.90. The number of hydrogen-bond donors (Lipinski definition) is 3. The van der Waals surface area contributed by atoms with Gasteiger partial charge in [0.05, 0.1) is 18.7 Å². The largest absolute Gasteiger partial charge is 0.504 e. The van der Waals surface area contributed by atoms with Crippen molar-refractivity contribution in [3.05, 3.63) is 95.7 Å². The number of methoxy groups -OCH3 is 1. The molecular weight excluding hydrogens is 448 g/mol. The fraction of sp³-hybridized carbons (Fsp3) is 0.185. The van der Waals surface area contributed by atoms with Crippen LogP contribution in [0.15, 0.2) is 90.1 Å². The molecule has 3 aromatic carbocycles. The van der Waals surface area contributed by atoms with Crippen LogP contribution in [0.25, 0.3) is 0 Å². The van der Waals surface area contributed by atoms with E-state index >= 15 is 0 Å². The van der Waals surface area contributed by atoms with Crippen LogP contribution in [-0.4, -0.2) is 40.4 Å². The number of rotatable bonds is 6. The van der Waals surface area contributed by atoms with E-state index in [1.807, 2.05) is 42.2 Å². The molecule has 2 atom stereocenters. The van der Waals surface area contributed by atoms with Gasteiger partial charge in [-0.1, -0.05) is 42.5 Å². The van der Waals surface area contributed by atoms with E-state index in [-0.39, 0.29) is 22.8 Å². The van der Waals surface area contributed by atoms with E-state index in [1.165, 1.54) is 18.1 Å². The molecule has 0 aliphatic carbocycles. The highest BCUT2D eigenvalue weighted by Gasteiger charge is 2.52.